The number of anilines is 1. The highest BCUT2D eigenvalue weighted by Gasteiger charge is 2.25. The molecule has 3 N–H and O–H groups in total. The molecule has 2 heterocycles. The highest BCUT2D eigenvalue weighted by Crippen LogP contribution is 2.28. The van der Waals surface area contributed by atoms with Gasteiger partial charge in [0.05, 0.1) is 11.6 Å². The zero-order chi connectivity index (χ0) is 14.8. The van der Waals surface area contributed by atoms with Crippen molar-refractivity contribution in [2.45, 2.75) is 45.2 Å². The molecule has 0 aromatic carbocycles. The molecule has 21 heavy (non-hydrogen) atoms. The van der Waals surface area contributed by atoms with E-state index in [9.17, 15) is 4.79 Å². The van der Waals surface area contributed by atoms with Crippen LogP contribution in [0.3, 0.4) is 0 Å². The summed E-state index contributed by atoms with van der Waals surface area (Å²) in [5.41, 5.74) is 7.36. The number of pyridine rings is 1. The van der Waals surface area contributed by atoms with Gasteiger partial charge in [0.1, 0.15) is 0 Å². The molecular weight excluding hydrogens is 266 g/mol. The van der Waals surface area contributed by atoms with Crippen molar-refractivity contribution in [2.75, 3.05) is 5.32 Å². The van der Waals surface area contributed by atoms with Crippen molar-refractivity contribution in [2.24, 2.45) is 11.7 Å². The molecule has 0 unspecified atom stereocenters. The van der Waals surface area contributed by atoms with E-state index in [0.29, 0.717) is 6.04 Å². The van der Waals surface area contributed by atoms with Gasteiger partial charge in [-0.2, -0.15) is 5.10 Å². The Labute approximate surface area is 123 Å². The minimum Gasteiger partial charge on any atom is -0.382 e. The van der Waals surface area contributed by atoms with Crippen LogP contribution in [-0.4, -0.2) is 26.7 Å². The lowest BCUT2D eigenvalue weighted by molar-refractivity contribution is -0.122. The van der Waals surface area contributed by atoms with Crippen molar-refractivity contribution in [3.05, 3.63) is 18.5 Å². The third-order valence-electron chi connectivity index (χ3n) is 4.33. The number of nitrogens with one attached hydrogen (secondary N) is 1. The Kier molecular flexibility index (Phi) is 3.77. The first kappa shape index (κ1) is 13.9. The van der Waals surface area contributed by atoms with Crippen LogP contribution >= 0.6 is 0 Å². The van der Waals surface area contributed by atoms with Crippen molar-refractivity contribution in [3.8, 4) is 0 Å². The van der Waals surface area contributed by atoms with Crippen LogP contribution in [0.15, 0.2) is 18.5 Å². The summed E-state index contributed by atoms with van der Waals surface area (Å²) < 4.78 is 1.89. The molecule has 0 atom stereocenters. The molecule has 6 heteroatoms. The zero-order valence-electron chi connectivity index (χ0n) is 12.2. The molecule has 0 saturated heterocycles. The first-order valence-electron chi connectivity index (χ1n) is 7.55. The molecule has 112 valence electrons. The van der Waals surface area contributed by atoms with E-state index in [2.05, 4.69) is 22.3 Å². The smallest absolute Gasteiger partial charge is 0.220 e. The second-order valence-corrected chi connectivity index (χ2v) is 5.65. The van der Waals surface area contributed by atoms with E-state index >= 15 is 0 Å². The summed E-state index contributed by atoms with van der Waals surface area (Å²) in [5.74, 6) is -0.118. The van der Waals surface area contributed by atoms with Gasteiger partial charge in [0.15, 0.2) is 5.65 Å². The van der Waals surface area contributed by atoms with Crippen LogP contribution in [0, 0.1) is 5.92 Å². The molecule has 0 aliphatic heterocycles. The number of rotatable bonds is 4. The maximum atomic E-state index is 11.2. The number of hydrogen-bond acceptors (Lipinski definition) is 4. The monoisotopic (exact) mass is 287 g/mol. The molecule has 1 fully saturated rings. The number of aryl methyl sites for hydroxylation is 1. The zero-order valence-corrected chi connectivity index (χ0v) is 12.2. The van der Waals surface area contributed by atoms with Gasteiger partial charge in [-0.1, -0.05) is 0 Å². The van der Waals surface area contributed by atoms with E-state index < -0.39 is 0 Å². The number of hydrogen-bond donors (Lipinski definition) is 2. The molecule has 1 aliphatic rings. The molecule has 2 aromatic heterocycles. The van der Waals surface area contributed by atoms with Crippen molar-refractivity contribution < 1.29 is 4.79 Å². The fourth-order valence-electron chi connectivity index (χ4n) is 3.08. The van der Waals surface area contributed by atoms with Crippen LogP contribution in [0.5, 0.6) is 0 Å². The van der Waals surface area contributed by atoms with Gasteiger partial charge in [-0.05, 0) is 38.7 Å². The quantitative estimate of drug-likeness (QED) is 0.899. The van der Waals surface area contributed by atoms with Crippen LogP contribution in [0.2, 0.25) is 0 Å². The predicted molar refractivity (Wildman–Crippen MR) is 81.8 cm³/mol. The average molecular weight is 287 g/mol. The highest BCUT2D eigenvalue weighted by molar-refractivity contribution is 5.88. The first-order chi connectivity index (χ1) is 10.2. The SMILES string of the molecule is CCn1ncc2c(NC3CCC(C(N)=O)CC3)ccnc21. The van der Waals surface area contributed by atoms with Crippen molar-refractivity contribution >= 4 is 22.6 Å². The maximum absolute atomic E-state index is 11.2. The van der Waals surface area contributed by atoms with Crippen molar-refractivity contribution in [1.29, 1.82) is 0 Å². The van der Waals surface area contributed by atoms with E-state index in [-0.39, 0.29) is 11.8 Å². The number of nitrogens with zero attached hydrogens (tertiary/aromatic N) is 3. The van der Waals surface area contributed by atoms with Gasteiger partial charge in [0.25, 0.3) is 0 Å². The standard InChI is InChI=1S/C15H21N5O/c1-2-20-15-12(9-18-20)13(7-8-17-15)19-11-5-3-10(4-6-11)14(16)21/h7-11H,2-6H2,1H3,(H2,16,21)(H,17,19). The Morgan fingerprint density at radius 2 is 2.19 bits per heavy atom. The van der Waals surface area contributed by atoms with E-state index in [1.54, 1.807) is 0 Å². The molecule has 1 aliphatic carbocycles. The minimum atomic E-state index is -0.163. The van der Waals surface area contributed by atoms with E-state index in [1.807, 2.05) is 23.1 Å². The van der Waals surface area contributed by atoms with Crippen molar-refractivity contribution in [3.63, 3.8) is 0 Å². The fourth-order valence-corrected chi connectivity index (χ4v) is 3.08. The topological polar surface area (TPSA) is 85.8 Å². The number of primary amides is 1. The third kappa shape index (κ3) is 2.70. The summed E-state index contributed by atoms with van der Waals surface area (Å²) in [6, 6.07) is 2.38. The first-order valence-corrected chi connectivity index (χ1v) is 7.55. The molecule has 2 aromatic rings. The van der Waals surface area contributed by atoms with Crippen LogP contribution in [0.25, 0.3) is 11.0 Å². The summed E-state index contributed by atoms with van der Waals surface area (Å²) in [6.45, 7) is 2.86. The second-order valence-electron chi connectivity index (χ2n) is 5.65. The lowest BCUT2D eigenvalue weighted by Crippen LogP contribution is -2.32. The minimum absolute atomic E-state index is 0.0448. The highest BCUT2D eigenvalue weighted by atomic mass is 16.1. The van der Waals surface area contributed by atoms with Gasteiger partial charge in [-0.15, -0.1) is 0 Å². The van der Waals surface area contributed by atoms with E-state index in [0.717, 1.165) is 48.9 Å². The number of aromatic nitrogens is 3. The van der Waals surface area contributed by atoms with Gasteiger partial charge < -0.3 is 11.1 Å². The summed E-state index contributed by atoms with van der Waals surface area (Å²) in [6.07, 6.45) is 7.36. The van der Waals surface area contributed by atoms with Gasteiger partial charge in [0, 0.05) is 30.4 Å². The molecular formula is C15H21N5O. The summed E-state index contributed by atoms with van der Waals surface area (Å²) in [4.78, 5) is 15.6. The van der Waals surface area contributed by atoms with Crippen LogP contribution in [-0.2, 0) is 11.3 Å². The molecule has 3 rings (SSSR count). The van der Waals surface area contributed by atoms with Gasteiger partial charge in [0.2, 0.25) is 5.91 Å². The molecule has 6 nitrogen and oxygen atoms in total. The summed E-state index contributed by atoms with van der Waals surface area (Å²) in [5, 5.41) is 8.98. The van der Waals surface area contributed by atoms with Crippen molar-refractivity contribution in [1.82, 2.24) is 14.8 Å². The maximum Gasteiger partial charge on any atom is 0.220 e. The molecule has 0 bridgehead atoms. The largest absolute Gasteiger partial charge is 0.382 e. The normalized spacial score (nSPS) is 22.3. The van der Waals surface area contributed by atoms with Crippen LogP contribution in [0.1, 0.15) is 32.6 Å². The summed E-state index contributed by atoms with van der Waals surface area (Å²) >= 11 is 0. The average Bonchev–Trinajstić information content (AvgIpc) is 2.92. The van der Waals surface area contributed by atoms with Crippen LogP contribution < -0.4 is 11.1 Å². The number of fused-ring (bicyclic) bond motifs is 1. The Balaban J connectivity index is 1.74. The van der Waals surface area contributed by atoms with Gasteiger partial charge in [-0.3, -0.25) is 4.79 Å². The lowest BCUT2D eigenvalue weighted by Gasteiger charge is -2.28. The fraction of sp³-hybridized carbons (Fsp3) is 0.533. The molecule has 1 saturated carbocycles. The van der Waals surface area contributed by atoms with Gasteiger partial charge >= 0.3 is 0 Å². The third-order valence-corrected chi connectivity index (χ3v) is 4.33. The number of carbonyl (C=O) groups excluding carboxylic acids is 1. The molecule has 0 spiro atoms. The van der Waals surface area contributed by atoms with Crippen LogP contribution in [0.4, 0.5) is 5.69 Å². The lowest BCUT2D eigenvalue weighted by atomic mass is 9.85. The number of carbonyl (C=O) groups is 1. The predicted octanol–water partition coefficient (Wildman–Crippen LogP) is 1.91. The Hall–Kier alpha value is -2.11. The van der Waals surface area contributed by atoms with E-state index in [4.69, 9.17) is 5.73 Å². The Morgan fingerprint density at radius 1 is 1.43 bits per heavy atom. The summed E-state index contributed by atoms with van der Waals surface area (Å²) in [7, 11) is 0. The van der Waals surface area contributed by atoms with Gasteiger partial charge in [-0.25, -0.2) is 9.67 Å². The Morgan fingerprint density at radius 3 is 2.86 bits per heavy atom. The Bertz CT molecular complexity index is 643. The number of nitrogens with two attached hydrogens (primary N) is 1. The second kappa shape index (κ2) is 5.71. The van der Waals surface area contributed by atoms with E-state index in [1.165, 1.54) is 0 Å². The molecule has 1 amide bonds. The molecule has 0 radical (unpaired) electrons. The number of amides is 1.